The van der Waals surface area contributed by atoms with Crippen molar-refractivity contribution in [3.8, 4) is 0 Å². The molecule has 1 saturated heterocycles. The average molecular weight is 296 g/mol. The third-order valence-electron chi connectivity index (χ3n) is 3.97. The van der Waals surface area contributed by atoms with Crippen LogP contribution in [0.5, 0.6) is 0 Å². The van der Waals surface area contributed by atoms with Crippen LogP contribution in [-0.2, 0) is 0 Å². The van der Waals surface area contributed by atoms with Crippen LogP contribution in [0.25, 0.3) is 0 Å². The van der Waals surface area contributed by atoms with Crippen LogP contribution in [0, 0.1) is 11.8 Å². The molecule has 5 nitrogen and oxygen atoms in total. The van der Waals surface area contributed by atoms with Crippen LogP contribution in [0.15, 0.2) is 0 Å². The lowest BCUT2D eigenvalue weighted by atomic mass is 9.89. The molecule has 0 spiro atoms. The number of nitrogens with two attached hydrogens (primary N) is 1. The maximum absolute atomic E-state index is 12.3. The van der Waals surface area contributed by atoms with Crippen molar-refractivity contribution in [3.63, 3.8) is 0 Å². The van der Waals surface area contributed by atoms with E-state index >= 15 is 0 Å². The van der Waals surface area contributed by atoms with Gasteiger partial charge in [0.1, 0.15) is 10.6 Å². The van der Waals surface area contributed by atoms with Crippen molar-refractivity contribution in [1.82, 2.24) is 9.69 Å². The molecule has 2 atom stereocenters. The van der Waals surface area contributed by atoms with Gasteiger partial charge >= 0.3 is 0 Å². The van der Waals surface area contributed by atoms with Crippen molar-refractivity contribution in [2.24, 2.45) is 11.8 Å². The molecule has 2 heterocycles. The van der Waals surface area contributed by atoms with Crippen molar-refractivity contribution < 1.29 is 4.79 Å². The van der Waals surface area contributed by atoms with E-state index < -0.39 is 0 Å². The number of carbonyl (C=O) groups excluding carboxylic acids is 1. The predicted octanol–water partition coefficient (Wildman–Crippen LogP) is 2.35. The Kier molecular flexibility index (Phi) is 4.52. The monoisotopic (exact) mass is 296 g/mol. The number of carbonyl (C=O) groups is 1. The summed E-state index contributed by atoms with van der Waals surface area (Å²) in [4.78, 5) is 14.6. The number of hydrogen-bond donors (Lipinski definition) is 2. The topological polar surface area (TPSA) is 71.2 Å². The first-order valence-electron chi connectivity index (χ1n) is 7.21. The summed E-state index contributed by atoms with van der Waals surface area (Å²) in [5, 5.41) is 3.82. The van der Waals surface area contributed by atoms with Gasteiger partial charge in [0.2, 0.25) is 0 Å². The highest BCUT2D eigenvalue weighted by atomic mass is 32.1. The number of rotatable bonds is 3. The van der Waals surface area contributed by atoms with Gasteiger partial charge in [-0.3, -0.25) is 4.79 Å². The van der Waals surface area contributed by atoms with Crippen LogP contribution in [0.3, 0.4) is 0 Å². The van der Waals surface area contributed by atoms with E-state index in [2.05, 4.69) is 28.4 Å². The average Bonchev–Trinajstić information content (AvgIpc) is 2.74. The van der Waals surface area contributed by atoms with E-state index in [1.54, 1.807) is 0 Å². The molecule has 0 aromatic carbocycles. The zero-order valence-electron chi connectivity index (χ0n) is 12.6. The summed E-state index contributed by atoms with van der Waals surface area (Å²) in [6, 6.07) is 0.0925. The van der Waals surface area contributed by atoms with Crippen molar-refractivity contribution in [2.45, 2.75) is 40.2 Å². The molecule has 20 heavy (non-hydrogen) atoms. The van der Waals surface area contributed by atoms with E-state index in [4.69, 9.17) is 5.73 Å². The van der Waals surface area contributed by atoms with Crippen molar-refractivity contribution in [3.05, 3.63) is 5.56 Å². The molecule has 6 heteroatoms. The summed E-state index contributed by atoms with van der Waals surface area (Å²) in [6.45, 7) is 10.4. The van der Waals surface area contributed by atoms with Gasteiger partial charge in [-0.1, -0.05) is 13.8 Å². The summed E-state index contributed by atoms with van der Waals surface area (Å²) in [5.74, 6) is 1.57. The van der Waals surface area contributed by atoms with E-state index in [1.165, 1.54) is 11.5 Å². The lowest BCUT2D eigenvalue weighted by Gasteiger charge is -2.36. The summed E-state index contributed by atoms with van der Waals surface area (Å²) >= 11 is 1.33. The minimum Gasteiger partial charge on any atom is -0.382 e. The second-order valence-corrected chi connectivity index (χ2v) is 6.82. The van der Waals surface area contributed by atoms with Gasteiger partial charge in [-0.05, 0) is 43.6 Å². The van der Waals surface area contributed by atoms with Crippen LogP contribution < -0.4 is 16.0 Å². The smallest absolute Gasteiger partial charge is 0.258 e. The lowest BCUT2D eigenvalue weighted by molar-refractivity contribution is 0.0944. The van der Waals surface area contributed by atoms with Gasteiger partial charge in [-0.15, -0.1) is 0 Å². The molecule has 0 radical (unpaired) electrons. The van der Waals surface area contributed by atoms with Crippen LogP contribution in [0.4, 0.5) is 10.8 Å². The van der Waals surface area contributed by atoms with Gasteiger partial charge in [0.15, 0.2) is 5.82 Å². The van der Waals surface area contributed by atoms with Crippen LogP contribution in [-0.4, -0.2) is 29.4 Å². The molecule has 1 aliphatic rings. The molecule has 2 rings (SSSR count). The minimum atomic E-state index is -0.118. The van der Waals surface area contributed by atoms with Gasteiger partial charge in [0.25, 0.3) is 5.91 Å². The zero-order valence-corrected chi connectivity index (χ0v) is 13.5. The third-order valence-corrected chi connectivity index (χ3v) is 4.89. The molecule has 1 amide bonds. The maximum Gasteiger partial charge on any atom is 0.258 e. The maximum atomic E-state index is 12.3. The standard InChI is InChI=1S/C14H24N4OS/c1-8(2)16-13(19)11-12(15)17-20-14(11)18-6-5-9(3)10(4)7-18/h8-10H,5-7H2,1-4H3,(H2,15,17)(H,16,19). The second kappa shape index (κ2) is 5.99. The van der Waals surface area contributed by atoms with Gasteiger partial charge in [-0.25, -0.2) is 0 Å². The number of hydrogen-bond acceptors (Lipinski definition) is 5. The van der Waals surface area contributed by atoms with E-state index in [1.807, 2.05) is 13.8 Å². The number of nitrogens with zero attached hydrogens (tertiary/aromatic N) is 2. The summed E-state index contributed by atoms with van der Waals surface area (Å²) in [5.41, 5.74) is 6.45. The van der Waals surface area contributed by atoms with E-state index in [-0.39, 0.29) is 11.9 Å². The molecule has 112 valence electrons. The molecular formula is C14H24N4OS. The number of aromatic nitrogens is 1. The van der Waals surface area contributed by atoms with E-state index in [0.717, 1.165) is 30.4 Å². The molecule has 2 unspecified atom stereocenters. The number of nitrogen functional groups attached to an aromatic ring is 1. The molecular weight excluding hydrogens is 272 g/mol. The second-order valence-electron chi connectivity index (χ2n) is 6.07. The number of anilines is 2. The summed E-state index contributed by atoms with van der Waals surface area (Å²) in [7, 11) is 0. The highest BCUT2D eigenvalue weighted by Crippen LogP contribution is 2.34. The third kappa shape index (κ3) is 3.06. The number of nitrogens with one attached hydrogen (secondary N) is 1. The Morgan fingerprint density at radius 3 is 2.75 bits per heavy atom. The quantitative estimate of drug-likeness (QED) is 0.898. The fourth-order valence-corrected chi connectivity index (χ4v) is 3.35. The van der Waals surface area contributed by atoms with E-state index in [0.29, 0.717) is 17.3 Å². The first-order valence-corrected chi connectivity index (χ1v) is 7.98. The van der Waals surface area contributed by atoms with Crippen LogP contribution >= 0.6 is 11.5 Å². The van der Waals surface area contributed by atoms with Crippen LogP contribution in [0.2, 0.25) is 0 Å². The molecule has 0 aliphatic carbocycles. The Bertz CT molecular complexity index is 486. The molecule has 1 fully saturated rings. The van der Waals surface area contributed by atoms with Gasteiger partial charge in [-0.2, -0.15) is 4.37 Å². The van der Waals surface area contributed by atoms with Crippen molar-refractivity contribution >= 4 is 28.3 Å². The SMILES string of the molecule is CC(C)NC(=O)c1c(N)nsc1N1CCC(C)C(C)C1. The zero-order chi connectivity index (χ0) is 14.9. The normalized spacial score (nSPS) is 23.1. The predicted molar refractivity (Wildman–Crippen MR) is 84.3 cm³/mol. The Morgan fingerprint density at radius 1 is 1.45 bits per heavy atom. The number of amides is 1. The summed E-state index contributed by atoms with van der Waals surface area (Å²) in [6.07, 6.45) is 1.14. The largest absolute Gasteiger partial charge is 0.382 e. The van der Waals surface area contributed by atoms with Crippen molar-refractivity contribution in [2.75, 3.05) is 23.7 Å². The fraction of sp³-hybridized carbons (Fsp3) is 0.714. The summed E-state index contributed by atoms with van der Waals surface area (Å²) < 4.78 is 4.18. The van der Waals surface area contributed by atoms with Crippen molar-refractivity contribution in [1.29, 1.82) is 0 Å². The molecule has 1 aromatic heterocycles. The Hall–Kier alpha value is -1.30. The molecule has 1 aliphatic heterocycles. The minimum absolute atomic E-state index is 0.0925. The molecule has 0 bridgehead atoms. The van der Waals surface area contributed by atoms with Crippen LogP contribution in [0.1, 0.15) is 44.5 Å². The highest BCUT2D eigenvalue weighted by molar-refractivity contribution is 7.11. The number of piperidine rings is 1. The molecule has 3 N–H and O–H groups in total. The van der Waals surface area contributed by atoms with E-state index in [9.17, 15) is 4.79 Å². The molecule has 0 saturated carbocycles. The Morgan fingerprint density at radius 2 is 2.15 bits per heavy atom. The Balaban J connectivity index is 2.23. The fourth-order valence-electron chi connectivity index (χ4n) is 2.50. The lowest BCUT2D eigenvalue weighted by Crippen LogP contribution is -2.39. The molecule has 1 aromatic rings. The van der Waals surface area contributed by atoms with Gasteiger partial charge in [0.05, 0.1) is 0 Å². The highest BCUT2D eigenvalue weighted by Gasteiger charge is 2.29. The van der Waals surface area contributed by atoms with Gasteiger partial charge < -0.3 is 16.0 Å². The first-order chi connectivity index (χ1) is 9.40. The Labute approximate surface area is 124 Å². The van der Waals surface area contributed by atoms with Gasteiger partial charge in [0, 0.05) is 19.1 Å². The first kappa shape index (κ1) is 15.1.